The van der Waals surface area contributed by atoms with Crippen molar-refractivity contribution in [1.82, 2.24) is 38.9 Å². The number of Topliss-reactive ketones (excluding diaryl/α,β-unsaturated/α-hetero) is 3. The smallest absolute Gasteiger partial charge is 0.166 e. The third-order valence-corrected chi connectivity index (χ3v) is 16.3. The maximum atomic E-state index is 11.8. The number of aromatic nitrogens is 8. The first kappa shape index (κ1) is 91.1. The fraction of sp³-hybridized carbons (Fsp3) is 0.583. The fourth-order valence-corrected chi connectivity index (χ4v) is 10.7. The molecule has 0 fully saturated rings. The van der Waals surface area contributed by atoms with Crippen molar-refractivity contribution in [1.29, 1.82) is 0 Å². The third-order valence-electron chi connectivity index (χ3n) is 14.9. The highest BCUT2D eigenvalue weighted by Crippen LogP contribution is 2.34. The van der Waals surface area contributed by atoms with E-state index in [-0.39, 0.29) is 49.5 Å². The number of aromatic amines is 1. The third kappa shape index (κ3) is 36.8. The number of H-pyrrole nitrogens is 1. The summed E-state index contributed by atoms with van der Waals surface area (Å²) in [5.74, 6) is 8.30. The highest BCUT2D eigenvalue weighted by Gasteiger charge is 2.31. The second-order valence-electron chi connectivity index (χ2n) is 33.8. The SMILES string of the molecule is C#Cc1nc(C(C)(C)C)cs1.C#Cc1nscc1C(C)(C)C.C=Cc1ccn(C(C)(C)C)n1.C=Cc1ncc[nH]1.CC(C)(C)C(=O)C1=CCC1.CC(C)(C)C(=O)C1=CCCC1.CC(C)(C)C(=O)C1=CCCCC1.CC(C)(C)C1CCC=CC1=O.CC(C)C.Cc1ccn(C(C)(C)C)n1. The molecule has 98 heavy (non-hydrogen) atoms. The Kier molecular flexibility index (Phi) is 38.7. The summed E-state index contributed by atoms with van der Waals surface area (Å²) >= 11 is 2.95. The number of carbonyl (C=O) groups excluding carboxylic acids is 4. The van der Waals surface area contributed by atoms with Gasteiger partial charge in [0, 0.05) is 68.7 Å². The molecule has 5 aromatic heterocycles. The molecule has 542 valence electrons. The van der Waals surface area contributed by atoms with Gasteiger partial charge in [-0.2, -0.15) is 14.6 Å². The molecule has 5 heterocycles. The molecule has 0 saturated heterocycles. The zero-order valence-electron chi connectivity index (χ0n) is 66.2. The van der Waals surface area contributed by atoms with Crippen LogP contribution in [0, 0.1) is 65.1 Å². The van der Waals surface area contributed by atoms with Crippen LogP contribution in [0.15, 0.2) is 108 Å². The van der Waals surface area contributed by atoms with Gasteiger partial charge in [-0.3, -0.25) is 28.5 Å². The van der Waals surface area contributed by atoms with E-state index in [1.165, 1.54) is 41.3 Å². The van der Waals surface area contributed by atoms with Gasteiger partial charge in [-0.15, -0.1) is 24.2 Å². The number of carbonyl (C=O) groups is 4. The van der Waals surface area contributed by atoms with Crippen molar-refractivity contribution in [2.45, 2.75) is 286 Å². The number of aryl methyl sites for hydroxylation is 1. The highest BCUT2D eigenvalue weighted by atomic mass is 32.1. The van der Waals surface area contributed by atoms with Gasteiger partial charge in [0.25, 0.3) is 0 Å². The van der Waals surface area contributed by atoms with Crippen molar-refractivity contribution in [2.24, 2.45) is 33.5 Å². The predicted molar refractivity (Wildman–Crippen MR) is 421 cm³/mol. The number of rotatable bonds is 5. The normalized spacial score (nSPS) is 15.0. The molecule has 4 aliphatic carbocycles. The molecule has 0 saturated carbocycles. The lowest BCUT2D eigenvalue weighted by Crippen LogP contribution is -2.28. The topological polar surface area (TPSA) is 158 Å². The molecule has 1 atom stereocenters. The van der Waals surface area contributed by atoms with Crippen molar-refractivity contribution in [2.75, 3.05) is 0 Å². The van der Waals surface area contributed by atoms with E-state index in [2.05, 4.69) is 191 Å². The van der Waals surface area contributed by atoms with Crippen molar-refractivity contribution < 1.29 is 19.2 Å². The Balaban J connectivity index is 0.00000107. The molecule has 1 N–H and O–H groups in total. The van der Waals surface area contributed by atoms with Gasteiger partial charge in [-0.25, -0.2) is 9.97 Å². The molecule has 12 nitrogen and oxygen atoms in total. The summed E-state index contributed by atoms with van der Waals surface area (Å²) in [6, 6.07) is 3.98. The molecule has 9 rings (SSSR count). The minimum absolute atomic E-state index is 0.0707. The number of nitrogens with one attached hydrogen (secondary N) is 1. The lowest BCUT2D eigenvalue weighted by atomic mass is 9.74. The number of hydrogen-bond acceptors (Lipinski definition) is 11. The van der Waals surface area contributed by atoms with Gasteiger partial charge >= 0.3 is 0 Å². The highest BCUT2D eigenvalue weighted by molar-refractivity contribution is 7.10. The van der Waals surface area contributed by atoms with Gasteiger partial charge in [0.2, 0.25) is 0 Å². The Labute approximate surface area is 604 Å². The molecule has 0 spiro atoms. The average Bonchev–Trinajstić information content (AvgIpc) is 1.80. The summed E-state index contributed by atoms with van der Waals surface area (Å²) in [6.07, 6.45) is 43.3. The van der Waals surface area contributed by atoms with E-state index >= 15 is 0 Å². The zero-order chi connectivity index (χ0) is 75.8. The Morgan fingerprint density at radius 3 is 1.37 bits per heavy atom. The van der Waals surface area contributed by atoms with Crippen LogP contribution in [0.3, 0.4) is 0 Å². The van der Waals surface area contributed by atoms with Crippen LogP contribution < -0.4 is 0 Å². The van der Waals surface area contributed by atoms with E-state index in [1.54, 1.807) is 30.6 Å². The molecular formula is C84H130N8O4S2. The maximum Gasteiger partial charge on any atom is 0.166 e. The first-order valence-corrected chi connectivity index (χ1v) is 36.7. The van der Waals surface area contributed by atoms with Crippen LogP contribution in [0.25, 0.3) is 12.2 Å². The number of hydrogen-bond donors (Lipinski definition) is 1. The molecule has 14 heteroatoms. The zero-order valence-corrected chi connectivity index (χ0v) is 67.9. The molecular weight excluding hydrogens is 1250 g/mol. The summed E-state index contributed by atoms with van der Waals surface area (Å²) < 4.78 is 8.02. The molecule has 1 unspecified atom stereocenters. The lowest BCUT2D eigenvalue weighted by Gasteiger charge is -2.29. The summed E-state index contributed by atoms with van der Waals surface area (Å²) in [6.45, 7) is 65.4. The molecule has 0 bridgehead atoms. The number of nitrogens with zero attached hydrogens (tertiary/aromatic N) is 7. The van der Waals surface area contributed by atoms with Gasteiger partial charge in [-0.1, -0.05) is 183 Å². The van der Waals surface area contributed by atoms with E-state index in [9.17, 15) is 19.2 Å². The summed E-state index contributed by atoms with van der Waals surface area (Å²) in [4.78, 5) is 57.1. The second kappa shape index (κ2) is 41.6. The minimum atomic E-state index is -0.191. The number of allylic oxidation sites excluding steroid dienone is 8. The largest absolute Gasteiger partial charge is 0.345 e. The molecule has 0 aliphatic heterocycles. The van der Waals surface area contributed by atoms with Crippen LogP contribution in [-0.2, 0) is 41.1 Å². The summed E-state index contributed by atoms with van der Waals surface area (Å²) in [5, 5.41) is 13.4. The predicted octanol–water partition coefficient (Wildman–Crippen LogP) is 22.5. The fourth-order valence-electron chi connectivity index (χ4n) is 9.00. The maximum absolute atomic E-state index is 11.8. The van der Waals surface area contributed by atoms with Gasteiger partial charge in [0.05, 0.1) is 28.2 Å². The molecule has 0 amide bonds. The number of imidazole rings is 1. The van der Waals surface area contributed by atoms with Crippen molar-refractivity contribution in [3.05, 3.63) is 147 Å². The quantitative estimate of drug-likeness (QED) is 0.169. The van der Waals surface area contributed by atoms with Crippen LogP contribution in [0.1, 0.15) is 297 Å². The number of terminal acetylenes is 2. The van der Waals surface area contributed by atoms with Crippen LogP contribution in [0.2, 0.25) is 0 Å². The Morgan fingerprint density at radius 2 is 1.12 bits per heavy atom. The first-order valence-electron chi connectivity index (χ1n) is 35.0. The van der Waals surface area contributed by atoms with Gasteiger partial charge < -0.3 is 4.98 Å². The van der Waals surface area contributed by atoms with Crippen LogP contribution >= 0.6 is 22.9 Å². The Hall–Kier alpha value is -6.87. The standard InChI is InChI=1S/C11H18O.2C10H16O.C9H14N2.2C9H11NS.C9H14O.C8H14N2.C5H6N2.C4H10/c1-11(2,3)10(12)9-7-5-4-6-8-9;1-10(2,3)8-6-4-5-7-9(8)11;1-10(2,3)9(11)8-6-4-5-7-8;1-5-8-6-7-11(10-8)9(2,3)4;1-5-8-10-7(6-11-8)9(2,3)4;1-5-8-7(6-11-10-8)9(2,3)4;1-9(2,3)8(10)7-5-4-6-7;1-7-5-6-10(9-7)8(2,3)4;1-2-5-6-3-4-7-5;1-4(2)3/h7H,4-6,8H2,1-3H3;5,7-8H,4,6H2,1-3H3;6H,4-5,7H2,1-3H3;5-7H,1H2,2-4H3;2*1,6H,2-4H3;5H,4,6H2,1-3H3;5-6H,1-4H3;2-4H,1H2,(H,6,7);4H,1-3H3. The summed E-state index contributed by atoms with van der Waals surface area (Å²) in [7, 11) is 0. The van der Waals surface area contributed by atoms with Gasteiger partial charge in [-0.05, 0) is 206 Å². The molecule has 0 radical (unpaired) electrons. The summed E-state index contributed by atoms with van der Waals surface area (Å²) in [5.41, 5.74) is 8.22. The molecule has 4 aliphatic rings. The van der Waals surface area contributed by atoms with E-state index in [0.29, 0.717) is 23.1 Å². The van der Waals surface area contributed by atoms with Crippen molar-refractivity contribution in [3.8, 4) is 24.7 Å². The van der Waals surface area contributed by atoms with Gasteiger partial charge in [0.1, 0.15) is 11.5 Å². The van der Waals surface area contributed by atoms with Crippen LogP contribution in [0.4, 0.5) is 0 Å². The lowest BCUT2D eigenvalue weighted by molar-refractivity contribution is -0.123. The van der Waals surface area contributed by atoms with Crippen LogP contribution in [0.5, 0.6) is 0 Å². The Morgan fingerprint density at radius 1 is 0.633 bits per heavy atom. The van der Waals surface area contributed by atoms with E-state index < -0.39 is 0 Å². The monoisotopic (exact) mass is 1380 g/mol. The van der Waals surface area contributed by atoms with Crippen molar-refractivity contribution in [3.63, 3.8) is 0 Å². The number of thiazole rings is 1. The Bertz CT molecular complexity index is 3440. The van der Waals surface area contributed by atoms with E-state index in [0.717, 1.165) is 114 Å². The van der Waals surface area contributed by atoms with Gasteiger partial charge in [0.15, 0.2) is 28.1 Å². The average molecular weight is 1380 g/mol. The second-order valence-corrected chi connectivity index (χ2v) is 35.3. The minimum Gasteiger partial charge on any atom is -0.345 e. The number of ketones is 4. The van der Waals surface area contributed by atoms with Crippen LogP contribution in [-0.4, -0.2) is 62.0 Å². The first-order chi connectivity index (χ1) is 44.9. The van der Waals surface area contributed by atoms with E-state index in [4.69, 9.17) is 12.8 Å². The van der Waals surface area contributed by atoms with E-state index in [1.807, 2.05) is 126 Å². The molecule has 5 aromatic rings. The molecule has 0 aromatic carbocycles. The van der Waals surface area contributed by atoms with Crippen molar-refractivity contribution >= 4 is 58.2 Å².